The summed E-state index contributed by atoms with van der Waals surface area (Å²) >= 11 is 0. The first-order valence-corrected chi connectivity index (χ1v) is 15.5. The Labute approximate surface area is 289 Å². The van der Waals surface area contributed by atoms with Crippen LogP contribution in [0.25, 0.3) is 27.6 Å². The van der Waals surface area contributed by atoms with Crippen molar-refractivity contribution in [2.24, 2.45) is 0 Å². The summed E-state index contributed by atoms with van der Waals surface area (Å²) in [7, 11) is 0. The van der Waals surface area contributed by atoms with Gasteiger partial charge in [0.25, 0.3) is 0 Å². The predicted molar refractivity (Wildman–Crippen MR) is 188 cm³/mol. The summed E-state index contributed by atoms with van der Waals surface area (Å²) in [5.74, 6) is 0.872. The Morgan fingerprint density at radius 1 is 0.702 bits per heavy atom. The molecular formula is C40H34N5OPt-. The van der Waals surface area contributed by atoms with Crippen LogP contribution < -0.4 is 15.0 Å². The van der Waals surface area contributed by atoms with Crippen molar-refractivity contribution in [3.8, 4) is 5.82 Å². The Morgan fingerprint density at radius 3 is 2.21 bits per heavy atom. The molecule has 1 aliphatic heterocycles. The molecule has 7 heteroatoms. The molecule has 47 heavy (non-hydrogen) atoms. The Bertz CT molecular complexity index is 2220. The first kappa shape index (κ1) is 30.7. The minimum atomic E-state index is -0.187. The number of pyridine rings is 1. The third kappa shape index (κ3) is 5.38. The van der Waals surface area contributed by atoms with Crippen LogP contribution >= 0.6 is 0 Å². The van der Waals surface area contributed by atoms with Gasteiger partial charge < -0.3 is 9.47 Å². The quantitative estimate of drug-likeness (QED) is 0.129. The second-order valence-corrected chi connectivity index (χ2v) is 12.6. The zero-order chi connectivity index (χ0) is 31.4. The van der Waals surface area contributed by atoms with Gasteiger partial charge in [0.2, 0.25) is 0 Å². The van der Waals surface area contributed by atoms with E-state index < -0.39 is 0 Å². The smallest absolute Gasteiger partial charge is 0.145 e. The maximum absolute atomic E-state index is 5.06. The molecule has 0 radical (unpaired) electrons. The molecular weight excluding hydrogens is 762 g/mol. The van der Waals surface area contributed by atoms with E-state index in [1.807, 2.05) is 23.4 Å². The number of anilines is 6. The fourth-order valence-corrected chi connectivity index (χ4v) is 6.26. The molecule has 0 bridgehead atoms. The summed E-state index contributed by atoms with van der Waals surface area (Å²) in [4.78, 5) is 12.0. The van der Waals surface area contributed by atoms with E-state index in [9.17, 15) is 0 Å². The monoisotopic (exact) mass is 795 g/mol. The molecule has 8 rings (SSSR count). The van der Waals surface area contributed by atoms with E-state index in [1.165, 1.54) is 5.39 Å². The maximum Gasteiger partial charge on any atom is 0.145 e. The average Bonchev–Trinajstić information content (AvgIpc) is 3.62. The number of benzene rings is 5. The van der Waals surface area contributed by atoms with Crippen LogP contribution in [0.4, 0.5) is 34.1 Å². The Hall–Kier alpha value is -4.90. The topological polar surface area (TPSA) is 40.3 Å². The van der Waals surface area contributed by atoms with Crippen molar-refractivity contribution in [2.75, 3.05) is 15.0 Å². The number of para-hydroxylation sites is 4. The number of nitrogens with zero attached hydrogens (tertiary/aromatic N) is 5. The summed E-state index contributed by atoms with van der Waals surface area (Å²) in [5.41, 5.74) is 8.80. The van der Waals surface area contributed by atoms with Crippen LogP contribution in [-0.4, -0.2) is 20.0 Å². The third-order valence-corrected chi connectivity index (χ3v) is 8.34. The standard InChI is InChI=1S/C40H33N5O.Pt/c1-28-23-24-41-39(25-28)43-35-18-9-8-17-33(35)34-22-21-31(27-38(34)43)42(29-13-6-5-7-14-29)30-15-12-16-32(26-30)44-36-19-10-11-20-37(36)45(46-44)40(2,3)4;/h5-25H,1-4H3;/q-2;/p+1. The Kier molecular flexibility index (Phi) is 7.87. The molecule has 3 heterocycles. The molecule has 0 spiro atoms. The molecule has 236 valence electrons. The number of hydrogen-bond donors (Lipinski definition) is 0. The van der Waals surface area contributed by atoms with E-state index in [2.05, 4.69) is 164 Å². The molecule has 7 aromatic rings. The van der Waals surface area contributed by atoms with Crippen LogP contribution in [0.3, 0.4) is 0 Å². The number of fused-ring (bicyclic) bond motifs is 4. The van der Waals surface area contributed by atoms with Gasteiger partial charge in [-0.3, -0.25) is 0 Å². The van der Waals surface area contributed by atoms with Gasteiger partial charge in [-0.05, 0) is 81.1 Å². The summed E-state index contributed by atoms with van der Waals surface area (Å²) < 4.78 is 2.21. The van der Waals surface area contributed by atoms with Gasteiger partial charge >= 0.3 is 0 Å². The second-order valence-electron chi connectivity index (χ2n) is 12.6. The maximum atomic E-state index is 5.06. The van der Waals surface area contributed by atoms with Gasteiger partial charge in [-0.15, -0.1) is 45.8 Å². The molecule has 0 fully saturated rings. The van der Waals surface area contributed by atoms with Crippen molar-refractivity contribution in [2.45, 2.75) is 33.2 Å². The van der Waals surface area contributed by atoms with Crippen LogP contribution in [0.15, 0.2) is 128 Å². The molecule has 0 amide bonds. The van der Waals surface area contributed by atoms with Gasteiger partial charge in [-0.1, -0.05) is 65.4 Å². The molecule has 0 saturated carbocycles. The summed E-state index contributed by atoms with van der Waals surface area (Å²) in [5, 5.41) is 6.36. The SMILES string of the molecule is Cc1ccnc(-n2c3[c-]c(N(c4[c-]c(N5[OH+]N(C(C)(C)C)c6ccccc65)ccc4)c4ccccc4)ccc3c3ccccc32)c1.[Pt]. The van der Waals surface area contributed by atoms with Gasteiger partial charge in [0.05, 0.1) is 0 Å². The average molecular weight is 796 g/mol. The van der Waals surface area contributed by atoms with Crippen LogP contribution in [0.1, 0.15) is 26.3 Å². The first-order valence-electron chi connectivity index (χ1n) is 15.5. The minimum Gasteiger partial charge on any atom is -0.358 e. The van der Waals surface area contributed by atoms with E-state index >= 15 is 0 Å². The summed E-state index contributed by atoms with van der Waals surface area (Å²) in [6, 6.07) is 49.5. The van der Waals surface area contributed by atoms with Crippen molar-refractivity contribution >= 4 is 55.9 Å². The fourth-order valence-electron chi connectivity index (χ4n) is 6.26. The molecule has 0 unspecified atom stereocenters. The van der Waals surface area contributed by atoms with Gasteiger partial charge in [-0.2, -0.15) is 17.1 Å². The molecule has 0 saturated heterocycles. The van der Waals surface area contributed by atoms with Crippen LogP contribution in [0, 0.1) is 19.1 Å². The largest absolute Gasteiger partial charge is 0.358 e. The number of hydroxylamine groups is 1. The van der Waals surface area contributed by atoms with Crippen molar-refractivity contribution in [3.05, 3.63) is 145 Å². The van der Waals surface area contributed by atoms with Crippen molar-refractivity contribution in [3.63, 3.8) is 0 Å². The molecule has 0 atom stereocenters. The van der Waals surface area contributed by atoms with Crippen molar-refractivity contribution in [1.82, 2.24) is 9.55 Å². The van der Waals surface area contributed by atoms with E-state index in [-0.39, 0.29) is 26.6 Å². The summed E-state index contributed by atoms with van der Waals surface area (Å²) in [6.07, 6.45) is 1.87. The molecule has 1 N–H and O–H groups in total. The van der Waals surface area contributed by atoms with E-state index in [4.69, 9.17) is 9.92 Å². The number of aryl methyl sites for hydroxylation is 1. The molecule has 5 aromatic carbocycles. The van der Waals surface area contributed by atoms with E-state index in [0.717, 1.165) is 61.9 Å². The van der Waals surface area contributed by atoms with Crippen molar-refractivity contribution in [1.29, 1.82) is 0 Å². The van der Waals surface area contributed by atoms with Gasteiger partial charge in [0.1, 0.15) is 22.7 Å². The van der Waals surface area contributed by atoms with E-state index in [0.29, 0.717) is 0 Å². The van der Waals surface area contributed by atoms with Gasteiger partial charge in [0, 0.05) is 44.2 Å². The Morgan fingerprint density at radius 2 is 1.43 bits per heavy atom. The minimum absolute atomic E-state index is 0. The van der Waals surface area contributed by atoms with Crippen LogP contribution in [0.5, 0.6) is 0 Å². The fraction of sp³-hybridized carbons (Fsp3) is 0.125. The molecule has 0 aliphatic carbocycles. The number of hydrogen-bond acceptors (Lipinski definition) is 4. The zero-order valence-electron chi connectivity index (χ0n) is 26.6. The zero-order valence-corrected chi connectivity index (χ0v) is 28.9. The van der Waals surface area contributed by atoms with Gasteiger partial charge in [0.15, 0.2) is 0 Å². The predicted octanol–water partition coefficient (Wildman–Crippen LogP) is 10.2. The Balaban J connectivity index is 0.00000351. The van der Waals surface area contributed by atoms with Gasteiger partial charge in [-0.25, -0.2) is 4.98 Å². The number of aromatic nitrogens is 2. The first-order chi connectivity index (χ1) is 22.4. The normalized spacial score (nSPS) is 12.8. The van der Waals surface area contributed by atoms with Crippen molar-refractivity contribution < 1.29 is 26.0 Å². The number of rotatable bonds is 5. The molecule has 1 aliphatic rings. The third-order valence-electron chi connectivity index (χ3n) is 8.34. The molecule has 2 aromatic heterocycles. The summed E-state index contributed by atoms with van der Waals surface area (Å²) in [6.45, 7) is 8.61. The second kappa shape index (κ2) is 12.0. The molecule has 6 nitrogen and oxygen atoms in total. The van der Waals surface area contributed by atoms with Crippen LogP contribution in [0.2, 0.25) is 0 Å². The van der Waals surface area contributed by atoms with E-state index in [1.54, 1.807) is 0 Å². The van der Waals surface area contributed by atoms with Crippen LogP contribution in [-0.2, 0) is 21.1 Å².